The normalized spacial score (nSPS) is 10.9. The Hall–Kier alpha value is -2.11. The molecule has 3 N–H and O–H groups in total. The molecule has 20 heavy (non-hydrogen) atoms. The molecule has 0 radical (unpaired) electrons. The summed E-state index contributed by atoms with van der Waals surface area (Å²) in [6.07, 6.45) is 0. The van der Waals surface area contributed by atoms with Crippen molar-refractivity contribution in [2.24, 2.45) is 0 Å². The summed E-state index contributed by atoms with van der Waals surface area (Å²) in [6.45, 7) is 0. The van der Waals surface area contributed by atoms with Gasteiger partial charge >= 0.3 is 0 Å². The van der Waals surface area contributed by atoms with Gasteiger partial charge in [0, 0.05) is 5.56 Å². The van der Waals surface area contributed by atoms with Crippen molar-refractivity contribution in [2.45, 2.75) is 0 Å². The number of nitrogen functional groups attached to an aromatic ring is 1. The zero-order valence-corrected chi connectivity index (χ0v) is 11.5. The maximum atomic E-state index is 11.8. The van der Waals surface area contributed by atoms with Gasteiger partial charge in [-0.15, -0.1) is 0 Å². The van der Waals surface area contributed by atoms with Crippen LogP contribution in [-0.4, -0.2) is 15.0 Å². The minimum absolute atomic E-state index is 0.0617. The van der Waals surface area contributed by atoms with Crippen LogP contribution in [0.25, 0.3) is 22.3 Å². The summed E-state index contributed by atoms with van der Waals surface area (Å²) in [4.78, 5) is 22.5. The Balaban J connectivity index is 2.22. The second-order valence-electron chi connectivity index (χ2n) is 4.14. The molecule has 0 atom stereocenters. The summed E-state index contributed by atoms with van der Waals surface area (Å²) in [5, 5.41) is 0.888. The highest BCUT2D eigenvalue weighted by atomic mass is 35.5. The van der Waals surface area contributed by atoms with Crippen molar-refractivity contribution in [3.63, 3.8) is 0 Å². The molecule has 0 aliphatic carbocycles. The molecule has 0 fully saturated rings. The maximum absolute atomic E-state index is 11.8. The summed E-state index contributed by atoms with van der Waals surface area (Å²) in [5.74, 6) is 0.0617. The lowest BCUT2D eigenvalue weighted by Gasteiger charge is -2.04. The van der Waals surface area contributed by atoms with Crippen LogP contribution in [0.4, 0.5) is 5.95 Å². The average Bonchev–Trinajstić information content (AvgIpc) is 2.41. The molecule has 2 aromatic heterocycles. The first-order valence-corrected chi connectivity index (χ1v) is 6.42. The van der Waals surface area contributed by atoms with Crippen molar-refractivity contribution >= 4 is 40.2 Å². The lowest BCUT2D eigenvalue weighted by Crippen LogP contribution is -2.12. The molecular weight excluding hydrogens is 299 g/mol. The van der Waals surface area contributed by atoms with Gasteiger partial charge in [0.15, 0.2) is 5.52 Å². The molecule has 7 heteroatoms. The summed E-state index contributed by atoms with van der Waals surface area (Å²) in [6, 6.07) is 8.58. The number of hydrogen-bond donors (Lipinski definition) is 2. The largest absolute Gasteiger partial charge is 0.369 e. The van der Waals surface area contributed by atoms with Crippen LogP contribution < -0.4 is 11.3 Å². The number of nitrogens with zero attached hydrogens (tertiary/aromatic N) is 2. The third kappa shape index (κ3) is 2.21. The highest BCUT2D eigenvalue weighted by Crippen LogP contribution is 2.28. The van der Waals surface area contributed by atoms with Crippen molar-refractivity contribution in [3.8, 4) is 11.3 Å². The van der Waals surface area contributed by atoms with Crippen LogP contribution in [0.15, 0.2) is 35.1 Å². The number of benzene rings is 1. The number of hydrogen-bond acceptors (Lipinski definition) is 4. The molecule has 5 nitrogen and oxygen atoms in total. The summed E-state index contributed by atoms with van der Waals surface area (Å²) in [5.41, 5.74) is 7.13. The number of nitrogens with two attached hydrogens (primary N) is 1. The van der Waals surface area contributed by atoms with E-state index in [9.17, 15) is 4.79 Å². The molecule has 3 rings (SSSR count). The first kappa shape index (κ1) is 12.9. The maximum Gasteiger partial charge on any atom is 0.278 e. The number of H-pyrrole nitrogens is 1. The second kappa shape index (κ2) is 4.77. The minimum atomic E-state index is -0.380. The van der Waals surface area contributed by atoms with Gasteiger partial charge in [-0.1, -0.05) is 29.3 Å². The molecule has 0 aliphatic heterocycles. The summed E-state index contributed by atoms with van der Waals surface area (Å²) in [7, 11) is 0. The Morgan fingerprint density at radius 2 is 1.85 bits per heavy atom. The molecule has 0 unspecified atom stereocenters. The molecule has 0 spiro atoms. The SMILES string of the molecule is Nc1nc2ccc(-c3ccc(Cl)c(Cl)c3)nc2c(=O)[nH]1. The van der Waals surface area contributed by atoms with Crippen LogP contribution in [0.1, 0.15) is 0 Å². The van der Waals surface area contributed by atoms with E-state index in [0.29, 0.717) is 21.3 Å². The summed E-state index contributed by atoms with van der Waals surface area (Å²) >= 11 is 11.9. The fraction of sp³-hybridized carbons (Fsp3) is 0. The molecule has 1 aromatic carbocycles. The van der Waals surface area contributed by atoms with Gasteiger partial charge in [0.05, 0.1) is 21.3 Å². The van der Waals surface area contributed by atoms with Crippen LogP contribution in [0.2, 0.25) is 10.0 Å². The third-order valence-corrected chi connectivity index (χ3v) is 3.53. The fourth-order valence-electron chi connectivity index (χ4n) is 1.86. The van der Waals surface area contributed by atoms with Gasteiger partial charge in [0.2, 0.25) is 5.95 Å². The van der Waals surface area contributed by atoms with Crippen molar-refractivity contribution in [1.29, 1.82) is 0 Å². The first-order valence-electron chi connectivity index (χ1n) is 5.66. The Morgan fingerprint density at radius 3 is 2.60 bits per heavy atom. The van der Waals surface area contributed by atoms with Gasteiger partial charge in [-0.05, 0) is 24.3 Å². The van der Waals surface area contributed by atoms with Crippen LogP contribution in [0.5, 0.6) is 0 Å². The van der Waals surface area contributed by atoms with Gasteiger partial charge in [0.1, 0.15) is 0 Å². The average molecular weight is 307 g/mol. The predicted molar refractivity (Wildman–Crippen MR) is 80.0 cm³/mol. The van der Waals surface area contributed by atoms with Gasteiger partial charge in [-0.3, -0.25) is 9.78 Å². The highest BCUT2D eigenvalue weighted by molar-refractivity contribution is 6.42. The van der Waals surface area contributed by atoms with Gasteiger partial charge in [0.25, 0.3) is 5.56 Å². The highest BCUT2D eigenvalue weighted by Gasteiger charge is 2.08. The van der Waals surface area contributed by atoms with E-state index in [2.05, 4.69) is 15.0 Å². The molecule has 0 aliphatic rings. The lowest BCUT2D eigenvalue weighted by molar-refractivity contribution is 1.16. The van der Waals surface area contributed by atoms with E-state index in [1.807, 2.05) is 0 Å². The van der Waals surface area contributed by atoms with Gasteiger partial charge < -0.3 is 5.73 Å². The monoisotopic (exact) mass is 306 g/mol. The molecule has 0 saturated carbocycles. The quantitative estimate of drug-likeness (QED) is 0.724. The Kier molecular flexibility index (Phi) is 3.08. The zero-order chi connectivity index (χ0) is 14.3. The van der Waals surface area contributed by atoms with Crippen LogP contribution in [0, 0.1) is 0 Å². The van der Waals surface area contributed by atoms with E-state index in [1.165, 1.54) is 0 Å². The predicted octanol–water partition coefficient (Wildman–Crippen LogP) is 2.87. The lowest BCUT2D eigenvalue weighted by atomic mass is 10.1. The van der Waals surface area contributed by atoms with Crippen molar-refractivity contribution in [3.05, 3.63) is 50.7 Å². The number of pyridine rings is 1. The third-order valence-electron chi connectivity index (χ3n) is 2.79. The fourth-order valence-corrected chi connectivity index (χ4v) is 2.16. The summed E-state index contributed by atoms with van der Waals surface area (Å²) < 4.78 is 0. The minimum Gasteiger partial charge on any atom is -0.369 e. The van der Waals surface area contributed by atoms with Crippen LogP contribution >= 0.6 is 23.2 Å². The topological polar surface area (TPSA) is 84.7 Å². The second-order valence-corrected chi connectivity index (χ2v) is 4.96. The van der Waals surface area contributed by atoms with Crippen molar-refractivity contribution in [1.82, 2.24) is 15.0 Å². The molecular formula is C13H8Cl2N4O. The molecule has 100 valence electrons. The number of rotatable bonds is 1. The molecule has 0 amide bonds. The number of nitrogens with one attached hydrogen (secondary N) is 1. The number of anilines is 1. The van der Waals surface area contributed by atoms with E-state index in [4.69, 9.17) is 28.9 Å². The Morgan fingerprint density at radius 1 is 1.05 bits per heavy atom. The van der Waals surface area contributed by atoms with E-state index in [1.54, 1.807) is 30.3 Å². The molecule has 0 saturated heterocycles. The molecule has 2 heterocycles. The van der Waals surface area contributed by atoms with Crippen molar-refractivity contribution in [2.75, 3.05) is 5.73 Å². The van der Waals surface area contributed by atoms with E-state index in [-0.39, 0.29) is 17.0 Å². The van der Waals surface area contributed by atoms with Crippen LogP contribution in [-0.2, 0) is 0 Å². The zero-order valence-electron chi connectivity index (χ0n) is 10.0. The van der Waals surface area contributed by atoms with E-state index in [0.717, 1.165) is 5.56 Å². The van der Waals surface area contributed by atoms with E-state index >= 15 is 0 Å². The van der Waals surface area contributed by atoms with Gasteiger partial charge in [-0.25, -0.2) is 9.97 Å². The smallest absolute Gasteiger partial charge is 0.278 e. The number of fused-ring (bicyclic) bond motifs is 1. The Bertz CT molecular complexity index is 876. The standard InChI is InChI=1S/C13H8Cl2N4O/c14-7-2-1-6(5-8(7)15)9-3-4-10-11(17-9)12(20)19-13(16)18-10/h1-5H,(H3,16,18,19,20). The number of halogens is 2. The Labute approximate surface area is 123 Å². The first-order chi connectivity index (χ1) is 9.54. The number of aromatic amines is 1. The van der Waals surface area contributed by atoms with E-state index < -0.39 is 0 Å². The van der Waals surface area contributed by atoms with Crippen molar-refractivity contribution < 1.29 is 0 Å². The van der Waals surface area contributed by atoms with Gasteiger partial charge in [-0.2, -0.15) is 0 Å². The van der Waals surface area contributed by atoms with Crippen LogP contribution in [0.3, 0.4) is 0 Å². The molecule has 0 bridgehead atoms. The number of aromatic nitrogens is 3. The molecule has 3 aromatic rings.